The Balaban J connectivity index is 1.80. The second-order valence-electron chi connectivity index (χ2n) is 6.26. The van der Waals surface area contributed by atoms with Gasteiger partial charge in [0.15, 0.2) is 6.10 Å². The number of esters is 1. The maximum atomic E-state index is 12.8. The van der Waals surface area contributed by atoms with Gasteiger partial charge in [-0.1, -0.05) is 0 Å². The van der Waals surface area contributed by atoms with Crippen molar-refractivity contribution >= 4 is 33.4 Å². The molecule has 0 spiro atoms. The van der Waals surface area contributed by atoms with Gasteiger partial charge in [0.2, 0.25) is 0 Å². The molecule has 8 nitrogen and oxygen atoms in total. The SMILES string of the molecule is CCNC(=O)[C@H](C)OC(=O)Cn1cnc2cc(-c3ccc(OC)cc3)sc2c1=O. The molecule has 3 rings (SSSR count). The van der Waals surface area contributed by atoms with Crippen LogP contribution in [0.2, 0.25) is 0 Å². The molecule has 9 heteroatoms. The minimum atomic E-state index is -0.932. The van der Waals surface area contributed by atoms with E-state index >= 15 is 0 Å². The first-order valence-corrected chi connectivity index (χ1v) is 9.85. The van der Waals surface area contributed by atoms with Crippen LogP contribution in [0, 0.1) is 0 Å². The highest BCUT2D eigenvalue weighted by Crippen LogP contribution is 2.31. The van der Waals surface area contributed by atoms with E-state index in [9.17, 15) is 14.4 Å². The Morgan fingerprint density at radius 2 is 2.00 bits per heavy atom. The number of amides is 1. The zero-order valence-electron chi connectivity index (χ0n) is 16.3. The van der Waals surface area contributed by atoms with Gasteiger partial charge < -0.3 is 14.8 Å². The Hall–Kier alpha value is -3.20. The summed E-state index contributed by atoms with van der Waals surface area (Å²) in [4.78, 5) is 41.7. The van der Waals surface area contributed by atoms with Crippen molar-refractivity contribution < 1.29 is 19.1 Å². The second kappa shape index (κ2) is 8.87. The molecule has 0 saturated heterocycles. The van der Waals surface area contributed by atoms with Crippen LogP contribution in [0.25, 0.3) is 20.7 Å². The molecule has 3 aromatic rings. The summed E-state index contributed by atoms with van der Waals surface area (Å²) in [5, 5.41) is 2.57. The smallest absolute Gasteiger partial charge is 0.326 e. The molecule has 0 saturated carbocycles. The zero-order valence-corrected chi connectivity index (χ0v) is 17.1. The third-order valence-electron chi connectivity index (χ3n) is 4.21. The summed E-state index contributed by atoms with van der Waals surface area (Å²) in [5.41, 5.74) is 1.17. The Bertz CT molecular complexity index is 1090. The van der Waals surface area contributed by atoms with Crippen LogP contribution in [0.3, 0.4) is 0 Å². The number of rotatable bonds is 7. The Morgan fingerprint density at radius 3 is 2.66 bits per heavy atom. The number of nitrogens with zero attached hydrogens (tertiary/aromatic N) is 2. The van der Waals surface area contributed by atoms with Crippen molar-refractivity contribution in [1.29, 1.82) is 0 Å². The van der Waals surface area contributed by atoms with E-state index in [4.69, 9.17) is 9.47 Å². The van der Waals surface area contributed by atoms with Gasteiger partial charge in [-0.3, -0.25) is 19.0 Å². The van der Waals surface area contributed by atoms with Crippen molar-refractivity contribution in [3.63, 3.8) is 0 Å². The third-order valence-corrected chi connectivity index (χ3v) is 5.37. The fourth-order valence-corrected chi connectivity index (χ4v) is 3.77. The summed E-state index contributed by atoms with van der Waals surface area (Å²) < 4.78 is 11.9. The van der Waals surface area contributed by atoms with Gasteiger partial charge in [0.25, 0.3) is 11.5 Å². The minimum Gasteiger partial charge on any atom is -0.497 e. The van der Waals surface area contributed by atoms with Crippen molar-refractivity contribution in [2.45, 2.75) is 26.5 Å². The normalized spacial score (nSPS) is 11.8. The number of nitrogens with one attached hydrogen (secondary N) is 1. The molecular formula is C20H21N3O5S. The minimum absolute atomic E-state index is 0.318. The lowest BCUT2D eigenvalue weighted by Gasteiger charge is -2.13. The highest BCUT2D eigenvalue weighted by molar-refractivity contribution is 7.22. The molecule has 2 heterocycles. The van der Waals surface area contributed by atoms with Gasteiger partial charge in [-0.2, -0.15) is 0 Å². The van der Waals surface area contributed by atoms with Crippen molar-refractivity contribution in [3.05, 3.63) is 47.0 Å². The van der Waals surface area contributed by atoms with E-state index in [2.05, 4.69) is 10.3 Å². The number of benzene rings is 1. The molecule has 29 heavy (non-hydrogen) atoms. The fraction of sp³-hybridized carbons (Fsp3) is 0.300. The predicted octanol–water partition coefficient (Wildman–Crippen LogP) is 2.20. The van der Waals surface area contributed by atoms with Crippen LogP contribution in [-0.2, 0) is 20.9 Å². The van der Waals surface area contributed by atoms with E-state index in [1.807, 2.05) is 30.3 Å². The van der Waals surface area contributed by atoms with Crippen LogP contribution >= 0.6 is 11.3 Å². The van der Waals surface area contributed by atoms with Gasteiger partial charge in [-0.15, -0.1) is 11.3 Å². The quantitative estimate of drug-likeness (QED) is 0.594. The topological polar surface area (TPSA) is 99.5 Å². The molecule has 1 amide bonds. The number of hydrogen-bond donors (Lipinski definition) is 1. The van der Waals surface area contributed by atoms with Crippen LogP contribution in [0.5, 0.6) is 5.75 Å². The maximum Gasteiger partial charge on any atom is 0.326 e. The fourth-order valence-electron chi connectivity index (χ4n) is 2.70. The molecule has 0 bridgehead atoms. The van der Waals surface area contributed by atoms with Gasteiger partial charge >= 0.3 is 5.97 Å². The van der Waals surface area contributed by atoms with E-state index in [-0.39, 0.29) is 18.0 Å². The number of thiophene rings is 1. The largest absolute Gasteiger partial charge is 0.497 e. The molecule has 2 aromatic heterocycles. The van der Waals surface area contributed by atoms with Gasteiger partial charge in [-0.05, 0) is 49.7 Å². The summed E-state index contributed by atoms with van der Waals surface area (Å²) >= 11 is 1.30. The lowest BCUT2D eigenvalue weighted by molar-refractivity contribution is -0.155. The van der Waals surface area contributed by atoms with Crippen LogP contribution in [0.4, 0.5) is 0 Å². The van der Waals surface area contributed by atoms with Crippen molar-refractivity contribution in [1.82, 2.24) is 14.9 Å². The summed E-state index contributed by atoms with van der Waals surface area (Å²) in [7, 11) is 1.60. The van der Waals surface area contributed by atoms with E-state index in [0.29, 0.717) is 16.8 Å². The highest BCUT2D eigenvalue weighted by atomic mass is 32.1. The van der Waals surface area contributed by atoms with Crippen LogP contribution < -0.4 is 15.6 Å². The number of carbonyl (C=O) groups excluding carboxylic acids is 2. The molecule has 152 valence electrons. The van der Waals surface area contributed by atoms with Crippen molar-refractivity contribution in [2.75, 3.05) is 13.7 Å². The summed E-state index contributed by atoms with van der Waals surface area (Å²) in [6.45, 7) is 3.37. The summed E-state index contributed by atoms with van der Waals surface area (Å²) in [5.74, 6) is -0.321. The lowest BCUT2D eigenvalue weighted by atomic mass is 10.2. The molecule has 0 fully saturated rings. The van der Waals surface area contributed by atoms with E-state index in [1.54, 1.807) is 14.0 Å². The highest BCUT2D eigenvalue weighted by Gasteiger charge is 2.18. The summed E-state index contributed by atoms with van der Waals surface area (Å²) in [6, 6.07) is 9.34. The Morgan fingerprint density at radius 1 is 1.28 bits per heavy atom. The molecular weight excluding hydrogens is 394 g/mol. The molecule has 0 aliphatic carbocycles. The monoisotopic (exact) mass is 415 g/mol. The zero-order chi connectivity index (χ0) is 21.0. The van der Waals surface area contributed by atoms with Crippen LogP contribution in [-0.4, -0.2) is 41.2 Å². The first kappa shape index (κ1) is 20.5. The maximum absolute atomic E-state index is 12.8. The van der Waals surface area contributed by atoms with E-state index < -0.39 is 12.1 Å². The van der Waals surface area contributed by atoms with E-state index in [1.165, 1.54) is 29.2 Å². The number of ether oxygens (including phenoxy) is 2. The van der Waals surface area contributed by atoms with Crippen molar-refractivity contribution in [3.8, 4) is 16.2 Å². The standard InChI is InChI=1S/C20H21N3O5S/c1-4-21-19(25)12(2)28-17(24)10-23-11-22-15-9-16(29-18(15)20(23)26)13-5-7-14(27-3)8-6-13/h5-9,11-12H,4,10H2,1-3H3,(H,21,25)/t12-/m0/s1. The number of carbonyl (C=O) groups is 2. The summed E-state index contributed by atoms with van der Waals surface area (Å²) in [6.07, 6.45) is 0.381. The van der Waals surface area contributed by atoms with E-state index in [0.717, 1.165) is 16.2 Å². The second-order valence-corrected chi connectivity index (χ2v) is 7.31. The first-order chi connectivity index (χ1) is 13.9. The average Bonchev–Trinajstić information content (AvgIpc) is 3.15. The molecule has 0 unspecified atom stereocenters. The van der Waals surface area contributed by atoms with Crippen LogP contribution in [0.1, 0.15) is 13.8 Å². The molecule has 1 atom stereocenters. The molecule has 0 aliphatic rings. The average molecular weight is 415 g/mol. The number of methoxy groups -OCH3 is 1. The van der Waals surface area contributed by atoms with Crippen LogP contribution in [0.15, 0.2) is 41.5 Å². The number of hydrogen-bond acceptors (Lipinski definition) is 7. The van der Waals surface area contributed by atoms with Gasteiger partial charge in [0.05, 0.1) is 19.0 Å². The van der Waals surface area contributed by atoms with Gasteiger partial charge in [0, 0.05) is 11.4 Å². The first-order valence-electron chi connectivity index (χ1n) is 9.03. The van der Waals surface area contributed by atoms with Gasteiger partial charge in [0.1, 0.15) is 17.0 Å². The predicted molar refractivity (Wildman–Crippen MR) is 110 cm³/mol. The Labute approximate surface area is 171 Å². The molecule has 0 aliphatic heterocycles. The number of fused-ring (bicyclic) bond motifs is 1. The van der Waals surface area contributed by atoms with Crippen molar-refractivity contribution in [2.24, 2.45) is 0 Å². The third kappa shape index (κ3) is 4.62. The molecule has 1 aromatic carbocycles. The number of likely N-dealkylation sites (N-methyl/N-ethyl adjacent to an activating group) is 1. The lowest BCUT2D eigenvalue weighted by Crippen LogP contribution is -2.37. The van der Waals surface area contributed by atoms with Gasteiger partial charge in [-0.25, -0.2) is 4.98 Å². The molecule has 0 radical (unpaired) electrons. The molecule has 1 N–H and O–H groups in total. The Kier molecular flexibility index (Phi) is 6.28. The number of aromatic nitrogens is 2.